The van der Waals surface area contributed by atoms with Crippen LogP contribution >= 0.6 is 0 Å². The van der Waals surface area contributed by atoms with Gasteiger partial charge in [-0.05, 0) is 29.8 Å². The maximum Gasteiger partial charge on any atom is 0.415 e. The Bertz CT molecular complexity index is 1060. The van der Waals surface area contributed by atoms with Gasteiger partial charge in [0.1, 0.15) is 12.4 Å². The summed E-state index contributed by atoms with van der Waals surface area (Å²) in [6.07, 6.45) is -0.909. The van der Waals surface area contributed by atoms with Crippen LogP contribution < -0.4 is 15.1 Å². The lowest BCUT2D eigenvalue weighted by molar-refractivity contribution is -0.129. The number of hydroxylamine groups is 1. The van der Waals surface area contributed by atoms with Crippen LogP contribution in [0, 0.1) is 0 Å². The van der Waals surface area contributed by atoms with Crippen LogP contribution in [0.1, 0.15) is 5.56 Å². The smallest absolute Gasteiger partial charge is 0.415 e. The Morgan fingerprint density at radius 2 is 1.77 bits per heavy atom. The van der Waals surface area contributed by atoms with Gasteiger partial charge in [0.2, 0.25) is 10.3 Å². The third-order valence-electron chi connectivity index (χ3n) is 4.74. The average molecular weight is 447 g/mol. The molecule has 1 heterocycles. The van der Waals surface area contributed by atoms with E-state index in [-0.39, 0.29) is 19.7 Å². The van der Waals surface area contributed by atoms with E-state index in [1.54, 1.807) is 48.5 Å². The first-order valence-corrected chi connectivity index (χ1v) is 10.3. The lowest BCUT2D eigenvalue weighted by atomic mass is 10.1. The Labute approximate surface area is 180 Å². The van der Waals surface area contributed by atoms with E-state index in [1.807, 2.05) is 6.07 Å². The Morgan fingerprint density at radius 1 is 1.10 bits per heavy atom. The first kappa shape index (κ1) is 22.1. The quantitative estimate of drug-likeness (QED) is 0.396. The van der Waals surface area contributed by atoms with E-state index in [9.17, 15) is 23.2 Å². The van der Waals surface area contributed by atoms with Gasteiger partial charge < -0.3 is 14.4 Å². The van der Waals surface area contributed by atoms with E-state index in [1.165, 1.54) is 17.5 Å². The van der Waals surface area contributed by atoms with Gasteiger partial charge in [-0.25, -0.2) is 10.3 Å². The third kappa shape index (κ3) is 4.95. The number of hydrogen-bond acceptors (Lipinski definition) is 8. The molecule has 2 aromatic rings. The number of anilines is 1. The van der Waals surface area contributed by atoms with Crippen molar-refractivity contribution in [3.8, 4) is 5.75 Å². The van der Waals surface area contributed by atoms with Crippen molar-refractivity contribution in [3.63, 3.8) is 0 Å². The van der Waals surface area contributed by atoms with E-state index in [0.717, 1.165) is 10.5 Å². The molecule has 1 aliphatic heterocycles. The van der Waals surface area contributed by atoms with Crippen molar-refractivity contribution in [3.05, 3.63) is 60.2 Å². The summed E-state index contributed by atoms with van der Waals surface area (Å²) in [5.41, 5.74) is 2.71. The molecule has 1 fully saturated rings. The van der Waals surface area contributed by atoms with Gasteiger partial charge in [-0.15, -0.1) is 0 Å². The van der Waals surface area contributed by atoms with Crippen molar-refractivity contribution in [2.45, 2.75) is 12.6 Å². The zero-order chi connectivity index (χ0) is 22.4. The Hall–Kier alpha value is -3.57. The highest BCUT2D eigenvalue weighted by atomic mass is 32.2. The number of amides is 2. The molecule has 1 unspecified atom stereocenters. The predicted molar refractivity (Wildman–Crippen MR) is 111 cm³/mol. The number of benzene rings is 2. The van der Waals surface area contributed by atoms with Gasteiger partial charge in [-0.1, -0.05) is 30.3 Å². The number of nitrogens with zero attached hydrogens (tertiary/aromatic N) is 2. The van der Waals surface area contributed by atoms with Crippen molar-refractivity contribution >= 4 is 33.0 Å². The monoisotopic (exact) mass is 447 g/mol. The topological polar surface area (TPSA) is 125 Å². The largest absolute Gasteiger partial charge is 0.497 e. The third-order valence-corrected chi connectivity index (χ3v) is 5.52. The van der Waals surface area contributed by atoms with E-state index in [4.69, 9.17) is 9.47 Å². The molecule has 31 heavy (non-hydrogen) atoms. The van der Waals surface area contributed by atoms with Crippen LogP contribution in [0.15, 0.2) is 54.6 Å². The standard InChI is InChI=1S/C20H21N3O7S/c1-29-16-9-7-15(8-10-16)22-11-12-23(19(31(27)28)17(22)18(24)21-26)20(25)30-13-14-5-3-2-4-6-14/h2-10,17,26H,11-13H2,1H3,(H,21,24). The van der Waals surface area contributed by atoms with Crippen LogP contribution in [-0.2, 0) is 26.4 Å². The minimum absolute atomic E-state index is 0.0435. The zero-order valence-corrected chi connectivity index (χ0v) is 17.4. The molecule has 0 spiro atoms. The predicted octanol–water partition coefficient (Wildman–Crippen LogP) is 1.04. The molecule has 0 radical (unpaired) electrons. The molecule has 3 rings (SSSR count). The second-order valence-corrected chi connectivity index (χ2v) is 7.42. The van der Waals surface area contributed by atoms with Gasteiger partial charge in [0.15, 0.2) is 11.0 Å². The van der Waals surface area contributed by atoms with Gasteiger partial charge in [-0.2, -0.15) is 8.42 Å². The first-order chi connectivity index (χ1) is 15.0. The number of carbonyl (C=O) groups is 2. The second-order valence-electron chi connectivity index (χ2n) is 6.53. The molecular weight excluding hydrogens is 426 g/mol. The summed E-state index contributed by atoms with van der Waals surface area (Å²) in [7, 11) is -1.45. The minimum Gasteiger partial charge on any atom is -0.497 e. The van der Waals surface area contributed by atoms with Gasteiger partial charge in [0.05, 0.1) is 7.11 Å². The molecule has 1 atom stereocenters. The van der Waals surface area contributed by atoms with Crippen LogP contribution in [0.4, 0.5) is 10.5 Å². The number of hydrogen-bond donors (Lipinski definition) is 2. The molecule has 0 bridgehead atoms. The van der Waals surface area contributed by atoms with E-state index in [2.05, 4.69) is 0 Å². The number of nitrogens with one attached hydrogen (secondary N) is 1. The molecule has 2 amide bonds. The van der Waals surface area contributed by atoms with Crippen LogP contribution in [0.2, 0.25) is 0 Å². The summed E-state index contributed by atoms with van der Waals surface area (Å²) < 4.78 is 34.5. The highest BCUT2D eigenvalue weighted by molar-refractivity contribution is 7.73. The highest BCUT2D eigenvalue weighted by Crippen LogP contribution is 2.25. The summed E-state index contributed by atoms with van der Waals surface area (Å²) >= 11 is 0. The molecule has 2 aromatic carbocycles. The molecule has 0 aromatic heterocycles. The van der Waals surface area contributed by atoms with E-state index in [0.29, 0.717) is 11.4 Å². The number of methoxy groups -OCH3 is 1. The molecule has 11 heteroatoms. The van der Waals surface area contributed by atoms with Crippen LogP contribution in [0.25, 0.3) is 0 Å². The molecule has 1 aliphatic rings. The van der Waals surface area contributed by atoms with Crippen LogP contribution in [-0.4, -0.2) is 61.8 Å². The zero-order valence-electron chi connectivity index (χ0n) is 16.6. The SMILES string of the molecule is COc1ccc(N2CCN(C(=O)OCc3ccccc3)C(=S(=O)=O)C2C(=O)NO)cc1. The normalized spacial score (nSPS) is 15.9. The number of rotatable bonds is 5. The fourth-order valence-electron chi connectivity index (χ4n) is 3.25. The lowest BCUT2D eigenvalue weighted by Crippen LogP contribution is -2.64. The fraction of sp³-hybridized carbons (Fsp3) is 0.250. The molecule has 1 saturated heterocycles. The van der Waals surface area contributed by atoms with Gasteiger partial charge in [0.25, 0.3) is 5.91 Å². The van der Waals surface area contributed by atoms with Crippen molar-refractivity contribution in [2.24, 2.45) is 0 Å². The second kappa shape index (κ2) is 9.96. The Balaban J connectivity index is 1.89. The molecule has 0 saturated carbocycles. The maximum atomic E-state index is 12.6. The summed E-state index contributed by atoms with van der Waals surface area (Å²) in [4.78, 5) is 26.9. The lowest BCUT2D eigenvalue weighted by Gasteiger charge is -2.40. The number of carbonyl (C=O) groups excluding carboxylic acids is 2. The summed E-state index contributed by atoms with van der Waals surface area (Å²) in [6.45, 7) is 0.0116. The molecule has 0 aliphatic carbocycles. The Kier molecular flexibility index (Phi) is 7.11. The molecule has 10 nitrogen and oxygen atoms in total. The van der Waals surface area contributed by atoms with E-state index >= 15 is 0 Å². The van der Waals surface area contributed by atoms with Crippen molar-refractivity contribution in [1.29, 1.82) is 0 Å². The molecule has 164 valence electrons. The van der Waals surface area contributed by atoms with Crippen LogP contribution in [0.5, 0.6) is 5.75 Å². The average Bonchev–Trinajstić information content (AvgIpc) is 2.81. The van der Waals surface area contributed by atoms with E-state index < -0.39 is 33.3 Å². The van der Waals surface area contributed by atoms with Gasteiger partial charge in [0, 0.05) is 18.8 Å². The van der Waals surface area contributed by atoms with Crippen molar-refractivity contribution < 1.29 is 32.7 Å². The summed E-state index contributed by atoms with van der Waals surface area (Å²) in [6, 6.07) is 14.0. The fourth-order valence-corrected chi connectivity index (χ4v) is 4.02. The molecule has 2 N–H and O–H groups in total. The van der Waals surface area contributed by atoms with Gasteiger partial charge in [-0.3, -0.25) is 14.9 Å². The maximum absolute atomic E-state index is 12.6. The number of ether oxygens (including phenoxy) is 2. The highest BCUT2D eigenvalue weighted by Gasteiger charge is 2.42. The first-order valence-electron chi connectivity index (χ1n) is 9.25. The Morgan fingerprint density at radius 3 is 2.35 bits per heavy atom. The van der Waals surface area contributed by atoms with Gasteiger partial charge >= 0.3 is 6.09 Å². The molecular formula is C20H21N3O7S. The summed E-state index contributed by atoms with van der Waals surface area (Å²) in [5.74, 6) is -0.429. The number of piperazine rings is 1. The minimum atomic E-state index is -2.95. The van der Waals surface area contributed by atoms with Crippen molar-refractivity contribution in [1.82, 2.24) is 10.4 Å². The summed E-state index contributed by atoms with van der Waals surface area (Å²) in [5, 5.41) is 9.22. The van der Waals surface area contributed by atoms with Crippen LogP contribution in [0.3, 0.4) is 0 Å². The van der Waals surface area contributed by atoms with Crippen molar-refractivity contribution in [2.75, 3.05) is 25.1 Å².